The maximum atomic E-state index is 12.7. The predicted molar refractivity (Wildman–Crippen MR) is 162 cm³/mol. The van der Waals surface area contributed by atoms with Crippen molar-refractivity contribution in [1.29, 1.82) is 0 Å². The van der Waals surface area contributed by atoms with E-state index in [1.165, 1.54) is 0 Å². The average Bonchev–Trinajstić information content (AvgIpc) is 2.92. The zero-order valence-corrected chi connectivity index (χ0v) is 23.7. The molecular formula is C35H36N2O4. The van der Waals surface area contributed by atoms with E-state index in [4.69, 9.17) is 20.9 Å². The minimum Gasteiger partial charge on any atom is -0.423 e. The number of carbonyl (C=O) groups is 2. The molecule has 5 rings (SSSR count). The van der Waals surface area contributed by atoms with Crippen molar-refractivity contribution in [1.82, 2.24) is 0 Å². The molecule has 41 heavy (non-hydrogen) atoms. The van der Waals surface area contributed by atoms with E-state index in [1.54, 1.807) is 48.5 Å². The Labute approximate surface area is 241 Å². The Morgan fingerprint density at radius 1 is 0.683 bits per heavy atom. The molecule has 1 saturated carbocycles. The molecule has 4 N–H and O–H groups in total. The van der Waals surface area contributed by atoms with Crippen molar-refractivity contribution in [2.75, 3.05) is 11.5 Å². The van der Waals surface area contributed by atoms with E-state index in [0.29, 0.717) is 39.9 Å². The fourth-order valence-electron chi connectivity index (χ4n) is 6.53. The fraction of sp³-hybridized carbons (Fsp3) is 0.257. The maximum absolute atomic E-state index is 12.7. The standard InChI is InChI=1S/C35H36N2O4/c1-23-20-34(2,3)22-35(21-23,26-10-14-30(15-11-26)40-32(38)24-6-4-8-28(36)18-24)27-12-16-31(17-13-27)41-33(39)25-7-5-9-29(37)19-25/h4-19,23H,20-22,36-37H2,1-3H3. The second kappa shape index (κ2) is 11.1. The molecule has 1 aliphatic rings. The van der Waals surface area contributed by atoms with Crippen LogP contribution >= 0.6 is 0 Å². The largest absolute Gasteiger partial charge is 0.423 e. The Bertz CT molecular complexity index is 1460. The van der Waals surface area contributed by atoms with E-state index in [2.05, 4.69) is 45.0 Å². The number of nitrogen functional groups attached to an aromatic ring is 2. The molecular weight excluding hydrogens is 512 g/mol. The summed E-state index contributed by atoms with van der Waals surface area (Å²) in [5.41, 5.74) is 15.7. The van der Waals surface area contributed by atoms with Crippen LogP contribution in [0.1, 0.15) is 71.9 Å². The van der Waals surface area contributed by atoms with Gasteiger partial charge >= 0.3 is 11.9 Å². The van der Waals surface area contributed by atoms with Crippen LogP contribution in [0.2, 0.25) is 0 Å². The first kappa shape index (κ1) is 28.0. The number of rotatable bonds is 6. The minimum atomic E-state index is -0.449. The van der Waals surface area contributed by atoms with Crippen LogP contribution in [0.4, 0.5) is 11.4 Å². The number of nitrogens with two attached hydrogens (primary N) is 2. The summed E-state index contributed by atoms with van der Waals surface area (Å²) in [4.78, 5) is 25.3. The van der Waals surface area contributed by atoms with Gasteiger partial charge in [0, 0.05) is 16.8 Å². The summed E-state index contributed by atoms with van der Waals surface area (Å²) in [5, 5.41) is 0. The third-order valence-electron chi connectivity index (χ3n) is 7.86. The monoisotopic (exact) mass is 548 g/mol. The molecule has 0 spiro atoms. The first-order valence-electron chi connectivity index (χ1n) is 13.9. The van der Waals surface area contributed by atoms with Gasteiger partial charge in [0.15, 0.2) is 0 Å². The van der Waals surface area contributed by atoms with Crippen LogP contribution in [0.25, 0.3) is 0 Å². The molecule has 1 fully saturated rings. The molecule has 1 atom stereocenters. The van der Waals surface area contributed by atoms with E-state index in [9.17, 15) is 9.59 Å². The number of hydrogen-bond donors (Lipinski definition) is 2. The van der Waals surface area contributed by atoms with Crippen molar-refractivity contribution >= 4 is 23.3 Å². The van der Waals surface area contributed by atoms with Crippen LogP contribution in [0.3, 0.4) is 0 Å². The third kappa shape index (κ3) is 6.27. The lowest BCUT2D eigenvalue weighted by Gasteiger charge is -2.48. The fourth-order valence-corrected chi connectivity index (χ4v) is 6.53. The predicted octanol–water partition coefficient (Wildman–Crippen LogP) is 7.42. The molecule has 210 valence electrons. The van der Waals surface area contributed by atoms with Gasteiger partial charge in [0.05, 0.1) is 11.1 Å². The van der Waals surface area contributed by atoms with Gasteiger partial charge in [-0.15, -0.1) is 0 Å². The molecule has 1 aliphatic carbocycles. The van der Waals surface area contributed by atoms with E-state index in [1.807, 2.05) is 24.3 Å². The molecule has 0 bridgehead atoms. The molecule has 0 radical (unpaired) electrons. The summed E-state index contributed by atoms with van der Waals surface area (Å²) in [6, 6.07) is 29.2. The molecule has 6 heteroatoms. The van der Waals surface area contributed by atoms with Crippen molar-refractivity contribution in [2.45, 2.75) is 45.4 Å². The zero-order chi connectivity index (χ0) is 29.2. The summed E-state index contributed by atoms with van der Waals surface area (Å²) in [6.45, 7) is 6.95. The van der Waals surface area contributed by atoms with E-state index < -0.39 is 11.9 Å². The van der Waals surface area contributed by atoms with E-state index in [0.717, 1.165) is 30.4 Å². The van der Waals surface area contributed by atoms with Gasteiger partial charge in [0.25, 0.3) is 0 Å². The van der Waals surface area contributed by atoms with E-state index >= 15 is 0 Å². The van der Waals surface area contributed by atoms with Crippen LogP contribution in [-0.2, 0) is 5.41 Å². The van der Waals surface area contributed by atoms with Gasteiger partial charge in [-0.1, -0.05) is 57.2 Å². The summed E-state index contributed by atoms with van der Waals surface area (Å²) in [6.07, 6.45) is 3.07. The average molecular weight is 549 g/mol. The van der Waals surface area contributed by atoms with Crippen LogP contribution < -0.4 is 20.9 Å². The Hall–Kier alpha value is -4.58. The SMILES string of the molecule is CC1CC(C)(C)CC(c2ccc(OC(=O)c3cccc(N)c3)cc2)(c2ccc(OC(=O)c3cccc(N)c3)cc2)C1. The first-order chi connectivity index (χ1) is 19.5. The lowest BCUT2D eigenvalue weighted by atomic mass is 9.55. The van der Waals surface area contributed by atoms with Crippen molar-refractivity contribution in [2.24, 2.45) is 11.3 Å². The lowest BCUT2D eigenvalue weighted by molar-refractivity contribution is 0.0725. The van der Waals surface area contributed by atoms with Crippen molar-refractivity contribution in [3.63, 3.8) is 0 Å². The van der Waals surface area contributed by atoms with Gasteiger partial charge in [0.1, 0.15) is 11.5 Å². The second-order valence-corrected chi connectivity index (χ2v) is 12.0. The third-order valence-corrected chi connectivity index (χ3v) is 7.86. The normalized spacial score (nSPS) is 17.4. The van der Waals surface area contributed by atoms with Crippen LogP contribution in [0.5, 0.6) is 11.5 Å². The number of anilines is 2. The molecule has 0 saturated heterocycles. The summed E-state index contributed by atoms with van der Waals surface area (Å²) >= 11 is 0. The molecule has 6 nitrogen and oxygen atoms in total. The van der Waals surface area contributed by atoms with Gasteiger partial charge in [0.2, 0.25) is 0 Å². The number of esters is 2. The maximum Gasteiger partial charge on any atom is 0.343 e. The molecule has 4 aromatic rings. The van der Waals surface area contributed by atoms with Gasteiger partial charge in [-0.05, 0) is 102 Å². The minimum absolute atomic E-state index is 0.119. The number of ether oxygens (including phenoxy) is 2. The highest BCUT2D eigenvalue weighted by atomic mass is 16.5. The highest BCUT2D eigenvalue weighted by Gasteiger charge is 2.45. The Morgan fingerprint density at radius 2 is 1.12 bits per heavy atom. The van der Waals surface area contributed by atoms with Crippen LogP contribution in [-0.4, -0.2) is 11.9 Å². The number of hydrogen-bond acceptors (Lipinski definition) is 6. The molecule has 0 heterocycles. The zero-order valence-electron chi connectivity index (χ0n) is 23.7. The second-order valence-electron chi connectivity index (χ2n) is 12.0. The molecule has 0 amide bonds. The van der Waals surface area contributed by atoms with Gasteiger partial charge in [-0.25, -0.2) is 9.59 Å². The smallest absolute Gasteiger partial charge is 0.343 e. The quantitative estimate of drug-likeness (QED) is 0.148. The summed E-state index contributed by atoms with van der Waals surface area (Å²) in [7, 11) is 0. The topological polar surface area (TPSA) is 105 Å². The first-order valence-corrected chi connectivity index (χ1v) is 13.9. The Kier molecular flexibility index (Phi) is 7.59. The highest BCUT2D eigenvalue weighted by Crippen LogP contribution is 2.53. The van der Waals surface area contributed by atoms with Crippen molar-refractivity contribution < 1.29 is 19.1 Å². The Morgan fingerprint density at radius 3 is 1.51 bits per heavy atom. The molecule has 0 aromatic heterocycles. The Balaban J connectivity index is 1.42. The summed E-state index contributed by atoms with van der Waals surface area (Å²) in [5.74, 6) is 0.554. The summed E-state index contributed by atoms with van der Waals surface area (Å²) < 4.78 is 11.3. The van der Waals surface area contributed by atoms with Gasteiger partial charge in [-0.2, -0.15) is 0 Å². The van der Waals surface area contributed by atoms with Crippen molar-refractivity contribution in [3.8, 4) is 11.5 Å². The number of carbonyl (C=O) groups excluding carboxylic acids is 2. The van der Waals surface area contributed by atoms with Crippen LogP contribution in [0, 0.1) is 11.3 Å². The van der Waals surface area contributed by atoms with Crippen LogP contribution in [0.15, 0.2) is 97.1 Å². The number of benzene rings is 4. The van der Waals surface area contributed by atoms with Gasteiger partial charge in [-0.3, -0.25) is 0 Å². The van der Waals surface area contributed by atoms with Crippen molar-refractivity contribution in [3.05, 3.63) is 119 Å². The lowest BCUT2D eigenvalue weighted by Crippen LogP contribution is -2.41. The van der Waals surface area contributed by atoms with E-state index in [-0.39, 0.29) is 10.8 Å². The molecule has 1 unspecified atom stereocenters. The highest BCUT2D eigenvalue weighted by molar-refractivity contribution is 5.92. The van der Waals surface area contributed by atoms with Gasteiger partial charge < -0.3 is 20.9 Å². The molecule has 4 aromatic carbocycles. The molecule has 0 aliphatic heterocycles.